The molecule has 1 atom stereocenters. The number of nitrogens with zero attached hydrogens (tertiary/aromatic N) is 4. The second kappa shape index (κ2) is 6.59. The van der Waals surface area contributed by atoms with Gasteiger partial charge in [0.15, 0.2) is 0 Å². The van der Waals surface area contributed by atoms with Crippen LogP contribution in [0.15, 0.2) is 18.2 Å². The molecule has 7 heteroatoms. The van der Waals surface area contributed by atoms with Crippen molar-refractivity contribution in [3.8, 4) is 0 Å². The van der Waals surface area contributed by atoms with Gasteiger partial charge in [-0.1, -0.05) is 22.9 Å². The number of halogens is 1. The number of piperidine rings is 1. The maximum atomic E-state index is 12.3. The predicted octanol–water partition coefficient (Wildman–Crippen LogP) is 3.73. The predicted molar refractivity (Wildman–Crippen MR) is 93.1 cm³/mol. The summed E-state index contributed by atoms with van der Waals surface area (Å²) in [7, 11) is 0. The molecule has 6 nitrogen and oxygen atoms in total. The van der Waals surface area contributed by atoms with Gasteiger partial charge in [0.05, 0.1) is 5.02 Å². The normalized spacial score (nSPS) is 18.8. The Balaban J connectivity index is 1.70. The topological polar surface area (TPSA) is 60.2 Å². The van der Waals surface area contributed by atoms with Crippen molar-refractivity contribution >= 4 is 28.7 Å². The van der Waals surface area contributed by atoms with Crippen molar-refractivity contribution in [2.75, 3.05) is 13.1 Å². The summed E-state index contributed by atoms with van der Waals surface area (Å²) in [5.74, 6) is 0.312. The second-order valence-electron chi connectivity index (χ2n) is 7.31. The molecule has 1 aliphatic heterocycles. The molecular weight excluding hydrogens is 328 g/mol. The Kier molecular flexibility index (Phi) is 4.67. The quantitative estimate of drug-likeness (QED) is 0.828. The minimum absolute atomic E-state index is 0.242. The number of hydrogen-bond donors (Lipinski definition) is 0. The number of fused-ring (bicyclic) bond motifs is 1. The van der Waals surface area contributed by atoms with Crippen molar-refractivity contribution in [2.45, 2.75) is 45.8 Å². The maximum absolute atomic E-state index is 12.3. The van der Waals surface area contributed by atoms with E-state index in [4.69, 9.17) is 16.3 Å². The van der Waals surface area contributed by atoms with Crippen molar-refractivity contribution in [3.05, 3.63) is 23.2 Å². The zero-order chi connectivity index (χ0) is 17.3. The molecule has 0 radical (unpaired) electrons. The Morgan fingerprint density at radius 3 is 2.96 bits per heavy atom. The zero-order valence-electron chi connectivity index (χ0n) is 14.3. The van der Waals surface area contributed by atoms with Crippen molar-refractivity contribution in [3.63, 3.8) is 0 Å². The molecule has 0 saturated carbocycles. The largest absolute Gasteiger partial charge is 0.444 e. The number of ether oxygens (including phenoxy) is 1. The fraction of sp³-hybridized carbons (Fsp3) is 0.588. The van der Waals surface area contributed by atoms with E-state index in [0.29, 0.717) is 24.0 Å². The van der Waals surface area contributed by atoms with E-state index in [0.717, 1.165) is 30.4 Å². The lowest BCUT2D eigenvalue weighted by atomic mass is 9.98. The molecule has 2 aromatic rings. The first-order chi connectivity index (χ1) is 11.3. The van der Waals surface area contributed by atoms with E-state index < -0.39 is 5.60 Å². The Labute approximate surface area is 146 Å². The van der Waals surface area contributed by atoms with Crippen LogP contribution in [-0.4, -0.2) is 44.7 Å². The Morgan fingerprint density at radius 2 is 2.21 bits per heavy atom. The molecule has 1 unspecified atom stereocenters. The molecule has 1 amide bonds. The first-order valence-corrected chi connectivity index (χ1v) is 8.67. The van der Waals surface area contributed by atoms with Gasteiger partial charge in [-0.15, -0.1) is 5.10 Å². The smallest absolute Gasteiger partial charge is 0.410 e. The van der Waals surface area contributed by atoms with Gasteiger partial charge in [-0.2, -0.15) is 0 Å². The average molecular weight is 351 g/mol. The van der Waals surface area contributed by atoms with Gasteiger partial charge in [-0.25, -0.2) is 9.48 Å². The van der Waals surface area contributed by atoms with Gasteiger partial charge in [0.2, 0.25) is 0 Å². The lowest BCUT2D eigenvalue weighted by Gasteiger charge is -2.34. The third kappa shape index (κ3) is 3.80. The van der Waals surface area contributed by atoms with Crippen LogP contribution in [0.25, 0.3) is 11.0 Å². The molecule has 130 valence electrons. The Hall–Kier alpha value is -1.82. The number of benzene rings is 1. The van der Waals surface area contributed by atoms with Crippen LogP contribution in [0.5, 0.6) is 0 Å². The molecule has 1 fully saturated rings. The lowest BCUT2D eigenvalue weighted by molar-refractivity contribution is 0.0155. The summed E-state index contributed by atoms with van der Waals surface area (Å²) >= 11 is 6.29. The number of amides is 1. The van der Waals surface area contributed by atoms with Crippen molar-refractivity contribution in [2.24, 2.45) is 5.92 Å². The van der Waals surface area contributed by atoms with Crippen LogP contribution in [0, 0.1) is 5.92 Å². The highest BCUT2D eigenvalue weighted by Gasteiger charge is 2.28. The van der Waals surface area contributed by atoms with Crippen molar-refractivity contribution < 1.29 is 9.53 Å². The van der Waals surface area contributed by atoms with Crippen LogP contribution in [0.2, 0.25) is 5.02 Å². The number of hydrogen-bond acceptors (Lipinski definition) is 4. The SMILES string of the molecule is CC(C)(C)OC(=O)N1CCCC(Cn2nnc3cccc(Cl)c32)C1. The minimum Gasteiger partial charge on any atom is -0.444 e. The van der Waals surface area contributed by atoms with Crippen LogP contribution in [-0.2, 0) is 11.3 Å². The van der Waals surface area contributed by atoms with Gasteiger partial charge >= 0.3 is 6.09 Å². The molecule has 0 spiro atoms. The average Bonchev–Trinajstić information content (AvgIpc) is 2.90. The van der Waals surface area contributed by atoms with Crippen LogP contribution in [0.3, 0.4) is 0 Å². The van der Waals surface area contributed by atoms with E-state index in [1.165, 1.54) is 0 Å². The standard InChI is InChI=1S/C17H23ClN4O2/c1-17(2,3)24-16(23)21-9-5-6-12(10-21)11-22-15-13(18)7-4-8-14(15)19-20-22/h4,7-8,12H,5-6,9-11H2,1-3H3. The Morgan fingerprint density at radius 1 is 1.42 bits per heavy atom. The van der Waals surface area contributed by atoms with E-state index in [2.05, 4.69) is 10.3 Å². The molecule has 3 rings (SSSR count). The van der Waals surface area contributed by atoms with Crippen molar-refractivity contribution in [1.82, 2.24) is 19.9 Å². The number of carbonyl (C=O) groups excluding carboxylic acids is 1. The lowest BCUT2D eigenvalue weighted by Crippen LogP contribution is -2.43. The zero-order valence-corrected chi connectivity index (χ0v) is 15.1. The number of carbonyl (C=O) groups is 1. The summed E-state index contributed by atoms with van der Waals surface area (Å²) in [5, 5.41) is 9.05. The second-order valence-corrected chi connectivity index (χ2v) is 7.72. The molecule has 1 aliphatic rings. The van der Waals surface area contributed by atoms with E-state index in [9.17, 15) is 4.79 Å². The number of para-hydroxylation sites is 1. The molecular formula is C17H23ClN4O2. The fourth-order valence-electron chi connectivity index (χ4n) is 3.07. The fourth-order valence-corrected chi connectivity index (χ4v) is 3.33. The van der Waals surface area contributed by atoms with E-state index in [1.54, 1.807) is 4.90 Å². The van der Waals surface area contributed by atoms with E-state index >= 15 is 0 Å². The van der Waals surface area contributed by atoms with Crippen LogP contribution < -0.4 is 0 Å². The van der Waals surface area contributed by atoms with Gasteiger partial charge in [-0.05, 0) is 51.7 Å². The number of aromatic nitrogens is 3. The maximum Gasteiger partial charge on any atom is 0.410 e. The summed E-state index contributed by atoms with van der Waals surface area (Å²) in [6.07, 6.45) is 1.77. The van der Waals surface area contributed by atoms with Gasteiger partial charge in [-0.3, -0.25) is 0 Å². The molecule has 0 N–H and O–H groups in total. The molecule has 1 aromatic heterocycles. The molecule has 0 aliphatic carbocycles. The summed E-state index contributed by atoms with van der Waals surface area (Å²) in [4.78, 5) is 14.1. The molecule has 2 heterocycles. The summed E-state index contributed by atoms with van der Waals surface area (Å²) < 4.78 is 7.33. The highest BCUT2D eigenvalue weighted by Crippen LogP contribution is 2.25. The Bertz CT molecular complexity index is 738. The van der Waals surface area contributed by atoms with Crippen LogP contribution in [0.4, 0.5) is 4.79 Å². The molecule has 24 heavy (non-hydrogen) atoms. The minimum atomic E-state index is -0.473. The highest BCUT2D eigenvalue weighted by atomic mass is 35.5. The first kappa shape index (κ1) is 17.0. The van der Waals surface area contributed by atoms with Crippen LogP contribution >= 0.6 is 11.6 Å². The first-order valence-electron chi connectivity index (χ1n) is 8.29. The monoisotopic (exact) mass is 350 g/mol. The van der Waals surface area contributed by atoms with Gasteiger partial charge in [0.1, 0.15) is 16.6 Å². The molecule has 1 aromatic carbocycles. The van der Waals surface area contributed by atoms with E-state index in [-0.39, 0.29) is 6.09 Å². The third-order valence-electron chi connectivity index (χ3n) is 4.09. The number of rotatable bonds is 2. The highest BCUT2D eigenvalue weighted by molar-refractivity contribution is 6.34. The van der Waals surface area contributed by atoms with Gasteiger partial charge in [0, 0.05) is 19.6 Å². The third-order valence-corrected chi connectivity index (χ3v) is 4.39. The van der Waals surface area contributed by atoms with Crippen LogP contribution in [0.1, 0.15) is 33.6 Å². The van der Waals surface area contributed by atoms with E-state index in [1.807, 2.05) is 43.7 Å². The summed E-state index contributed by atoms with van der Waals surface area (Å²) in [5.41, 5.74) is 1.18. The van der Waals surface area contributed by atoms with Crippen molar-refractivity contribution in [1.29, 1.82) is 0 Å². The summed E-state index contributed by atoms with van der Waals surface area (Å²) in [6, 6.07) is 5.62. The van der Waals surface area contributed by atoms with Gasteiger partial charge in [0.25, 0.3) is 0 Å². The summed E-state index contributed by atoms with van der Waals surface area (Å²) in [6.45, 7) is 7.76. The van der Waals surface area contributed by atoms with Gasteiger partial charge < -0.3 is 9.64 Å². The molecule has 0 bridgehead atoms. The number of likely N-dealkylation sites (tertiary alicyclic amines) is 1. The molecule has 1 saturated heterocycles.